The van der Waals surface area contributed by atoms with Crippen molar-refractivity contribution in [2.45, 2.75) is 26.7 Å². The van der Waals surface area contributed by atoms with Gasteiger partial charge in [0.15, 0.2) is 0 Å². The van der Waals surface area contributed by atoms with Crippen LogP contribution in [0.1, 0.15) is 26.7 Å². The molecule has 0 N–H and O–H groups in total. The molecule has 0 radical (unpaired) electrons. The molecule has 0 unspecified atom stereocenters. The maximum atomic E-state index is 8.50. The zero-order chi connectivity index (χ0) is 10.7. The summed E-state index contributed by atoms with van der Waals surface area (Å²) in [5.41, 5.74) is 2.49. The minimum atomic E-state index is -2.00. The van der Waals surface area contributed by atoms with E-state index in [2.05, 4.69) is 33.1 Å². The van der Waals surface area contributed by atoms with Crippen LogP contribution in [0.25, 0.3) is 0 Å². The zero-order valence-corrected chi connectivity index (χ0v) is 9.86. The Morgan fingerprint density at radius 1 is 1.38 bits per heavy atom. The quantitative estimate of drug-likeness (QED) is 0.410. The monoisotopic (exact) mass is 216 g/mol. The number of rotatable bonds is 4. The first kappa shape index (κ1) is 15.0. The van der Waals surface area contributed by atoms with E-state index in [4.69, 9.17) is 6.65 Å². The first-order valence-corrected chi connectivity index (χ1v) is 5.28. The van der Waals surface area contributed by atoms with Gasteiger partial charge in [0.2, 0.25) is 0 Å². The van der Waals surface area contributed by atoms with Crippen LogP contribution in [-0.4, -0.2) is 0 Å². The Labute approximate surface area is 89.0 Å². The van der Waals surface area contributed by atoms with E-state index in [1.165, 1.54) is 5.57 Å². The van der Waals surface area contributed by atoms with Gasteiger partial charge >= 0.3 is 25.7 Å². The van der Waals surface area contributed by atoms with Crippen molar-refractivity contribution in [1.82, 2.24) is 0 Å². The fraction of sp³-hybridized carbons (Fsp3) is 0.400. The van der Waals surface area contributed by atoms with E-state index in [0.717, 1.165) is 18.4 Å². The van der Waals surface area contributed by atoms with E-state index in [1.807, 2.05) is 6.08 Å². The van der Waals surface area contributed by atoms with Gasteiger partial charge in [0.25, 0.3) is 0 Å². The summed E-state index contributed by atoms with van der Waals surface area (Å²) in [6.45, 7) is 11.7. The van der Waals surface area contributed by atoms with E-state index in [1.54, 1.807) is 0 Å². The molecule has 0 saturated heterocycles. The van der Waals surface area contributed by atoms with Crippen LogP contribution in [-0.2, 0) is 25.7 Å². The molecule has 0 rings (SSSR count). The molecule has 0 spiro atoms. The van der Waals surface area contributed by atoms with Crippen LogP contribution in [0, 0.1) is 0 Å². The third-order valence-electron chi connectivity index (χ3n) is 1.31. The van der Waals surface area contributed by atoms with Crippen LogP contribution in [0.2, 0.25) is 0 Å². The van der Waals surface area contributed by atoms with E-state index in [9.17, 15) is 0 Å². The van der Waals surface area contributed by atoms with Gasteiger partial charge < -0.3 is 0 Å². The second kappa shape index (κ2) is 11.5. The number of hydrogen-bond donors (Lipinski definition) is 0. The van der Waals surface area contributed by atoms with Crippen molar-refractivity contribution in [3.8, 4) is 0 Å². The molecule has 0 aliphatic carbocycles. The van der Waals surface area contributed by atoms with Crippen LogP contribution in [0.3, 0.4) is 0 Å². The normalized spacial score (nSPS) is 7.23. The second-order valence-electron chi connectivity index (χ2n) is 2.77. The zero-order valence-electron chi connectivity index (χ0n) is 8.30. The molecule has 0 aromatic rings. The van der Waals surface area contributed by atoms with Crippen molar-refractivity contribution < 1.29 is 25.7 Å². The molecular weight excluding hydrogens is 200 g/mol. The molecule has 0 atom stereocenters. The maximum absolute atomic E-state index is 8.50. The molecule has 2 nitrogen and oxygen atoms in total. The molecule has 0 aromatic carbocycles. The summed E-state index contributed by atoms with van der Waals surface area (Å²) in [5, 5.41) is 0. The summed E-state index contributed by atoms with van der Waals surface area (Å²) in [6.07, 6.45) is 6.16. The van der Waals surface area contributed by atoms with Crippen molar-refractivity contribution >= 4 is 0 Å². The van der Waals surface area contributed by atoms with E-state index in [0.29, 0.717) is 0 Å². The van der Waals surface area contributed by atoms with Crippen molar-refractivity contribution in [3.63, 3.8) is 0 Å². The van der Waals surface area contributed by atoms with Crippen LogP contribution in [0.4, 0.5) is 0 Å². The van der Waals surface area contributed by atoms with Crippen molar-refractivity contribution in [3.05, 3.63) is 36.5 Å². The predicted octanol–water partition coefficient (Wildman–Crippen LogP) is 3.23. The Morgan fingerprint density at radius 2 is 1.85 bits per heavy atom. The van der Waals surface area contributed by atoms with Gasteiger partial charge in [-0.15, -0.1) is 0 Å². The molecule has 0 aromatic heterocycles. The van der Waals surface area contributed by atoms with Crippen LogP contribution in [0.5, 0.6) is 0 Å². The third-order valence-corrected chi connectivity index (χ3v) is 1.31. The molecule has 0 bridgehead atoms. The molecule has 3 heteroatoms. The topological polar surface area (TPSA) is 34.1 Å². The Morgan fingerprint density at radius 3 is 2.15 bits per heavy atom. The molecular formula is C10H16O2Ti. The summed E-state index contributed by atoms with van der Waals surface area (Å²) >= 11 is -2.00. The molecule has 0 aliphatic rings. The number of allylic oxidation sites excluding steroid dienone is 4. The van der Waals surface area contributed by atoms with E-state index < -0.39 is 19.1 Å². The summed E-state index contributed by atoms with van der Waals surface area (Å²) in [4.78, 5) is 0. The second-order valence-corrected chi connectivity index (χ2v) is 3.03. The summed E-state index contributed by atoms with van der Waals surface area (Å²) < 4.78 is 17.0. The molecule has 0 amide bonds. The molecule has 72 valence electrons. The van der Waals surface area contributed by atoms with Gasteiger partial charge in [0.1, 0.15) is 0 Å². The Bertz CT molecular complexity index is 219. The van der Waals surface area contributed by atoms with Crippen molar-refractivity contribution in [2.75, 3.05) is 0 Å². The average Bonchev–Trinajstić information content (AvgIpc) is 2.05. The van der Waals surface area contributed by atoms with Crippen molar-refractivity contribution in [1.29, 1.82) is 0 Å². The molecule has 0 aliphatic heterocycles. The van der Waals surface area contributed by atoms with Crippen LogP contribution >= 0.6 is 0 Å². The van der Waals surface area contributed by atoms with Gasteiger partial charge in [-0.25, -0.2) is 0 Å². The molecule has 0 heterocycles. The molecule has 0 saturated carbocycles. The Hall–Kier alpha value is -0.466. The first-order chi connectivity index (χ1) is 6.08. The first-order valence-electron chi connectivity index (χ1n) is 4.01. The molecule has 0 fully saturated rings. The van der Waals surface area contributed by atoms with Crippen molar-refractivity contribution in [2.24, 2.45) is 0 Å². The standard InChI is InChI=1S/C10H16.2O.Ti/c1-5-10(4)8-6-7-9(2)3;;;/h5,7H,1,4,6,8H2,2-3H3;;;. The summed E-state index contributed by atoms with van der Waals surface area (Å²) in [7, 11) is 0. The third kappa shape index (κ3) is 18.5. The summed E-state index contributed by atoms with van der Waals surface area (Å²) in [6, 6.07) is 0. The van der Waals surface area contributed by atoms with Gasteiger partial charge in [-0.2, -0.15) is 0 Å². The van der Waals surface area contributed by atoms with Crippen LogP contribution < -0.4 is 0 Å². The molecule has 13 heavy (non-hydrogen) atoms. The van der Waals surface area contributed by atoms with Gasteiger partial charge in [-0.3, -0.25) is 0 Å². The van der Waals surface area contributed by atoms with Gasteiger partial charge in [-0.05, 0) is 26.7 Å². The number of hydrogen-bond acceptors (Lipinski definition) is 2. The summed E-state index contributed by atoms with van der Waals surface area (Å²) in [5.74, 6) is 0. The average molecular weight is 216 g/mol. The van der Waals surface area contributed by atoms with E-state index in [-0.39, 0.29) is 0 Å². The van der Waals surface area contributed by atoms with Gasteiger partial charge in [0, 0.05) is 0 Å². The predicted molar refractivity (Wildman–Crippen MR) is 49.4 cm³/mol. The fourth-order valence-electron chi connectivity index (χ4n) is 0.648. The van der Waals surface area contributed by atoms with E-state index >= 15 is 0 Å². The van der Waals surface area contributed by atoms with Gasteiger partial charge in [0.05, 0.1) is 0 Å². The Kier molecular flexibility index (Phi) is 13.3. The Balaban J connectivity index is 0. The fourth-order valence-corrected chi connectivity index (χ4v) is 0.648. The minimum absolute atomic E-state index is 1.04. The SMILES string of the molecule is C=CC(=C)CCC=C(C)C.[O]=[Ti]=[O]. The van der Waals surface area contributed by atoms with Gasteiger partial charge in [-0.1, -0.05) is 36.5 Å². The van der Waals surface area contributed by atoms with Crippen LogP contribution in [0.15, 0.2) is 36.5 Å².